The lowest BCUT2D eigenvalue weighted by Crippen LogP contribution is -2.43. The molecule has 1 N–H and O–H groups in total. The topological polar surface area (TPSA) is 59.0 Å². The predicted molar refractivity (Wildman–Crippen MR) is 120 cm³/mol. The third kappa shape index (κ3) is 3.14. The quantitative estimate of drug-likeness (QED) is 0.365. The van der Waals surface area contributed by atoms with E-state index in [4.69, 9.17) is 11.6 Å². The SMILES string of the molecule is C[n+]1c(-c2ccc(O)cc2)c(-c2ccccc2)c(=O)n2c1SC[C@@H]2c1cnc(Cl)s1. The van der Waals surface area contributed by atoms with Crippen LogP contribution in [0.25, 0.3) is 22.4 Å². The van der Waals surface area contributed by atoms with Crippen molar-refractivity contribution in [3.63, 3.8) is 0 Å². The molecular weight excluding hydrogens is 438 g/mol. The fourth-order valence-electron chi connectivity index (χ4n) is 3.85. The molecule has 0 saturated heterocycles. The first-order chi connectivity index (χ1) is 14.5. The lowest BCUT2D eigenvalue weighted by molar-refractivity contribution is -0.704. The zero-order chi connectivity index (χ0) is 20.8. The van der Waals surface area contributed by atoms with Crippen molar-refractivity contribution < 1.29 is 9.67 Å². The number of aromatic nitrogens is 3. The zero-order valence-corrected chi connectivity index (χ0v) is 18.3. The van der Waals surface area contributed by atoms with E-state index in [9.17, 15) is 9.90 Å². The van der Waals surface area contributed by atoms with E-state index in [1.165, 1.54) is 11.3 Å². The minimum Gasteiger partial charge on any atom is -0.508 e. The van der Waals surface area contributed by atoms with Crippen LogP contribution in [0.2, 0.25) is 4.47 Å². The Kier molecular flexibility index (Phi) is 4.89. The number of halogens is 1. The minimum absolute atomic E-state index is 0.0445. The van der Waals surface area contributed by atoms with Crippen molar-refractivity contribution in [1.29, 1.82) is 0 Å². The molecule has 5 nitrogen and oxygen atoms in total. The highest BCUT2D eigenvalue weighted by Crippen LogP contribution is 2.39. The molecule has 1 aliphatic heterocycles. The average molecular weight is 455 g/mol. The number of nitrogens with zero attached hydrogens (tertiary/aromatic N) is 3. The summed E-state index contributed by atoms with van der Waals surface area (Å²) in [7, 11) is 1.98. The summed E-state index contributed by atoms with van der Waals surface area (Å²) in [6, 6.07) is 16.6. The first-order valence-electron chi connectivity index (χ1n) is 9.32. The van der Waals surface area contributed by atoms with E-state index < -0.39 is 0 Å². The van der Waals surface area contributed by atoms with E-state index in [1.54, 1.807) is 30.1 Å². The zero-order valence-electron chi connectivity index (χ0n) is 15.9. The van der Waals surface area contributed by atoms with Crippen molar-refractivity contribution in [1.82, 2.24) is 9.55 Å². The van der Waals surface area contributed by atoms with Gasteiger partial charge in [0.2, 0.25) is 0 Å². The fourth-order valence-corrected chi connectivity index (χ4v) is 6.27. The maximum atomic E-state index is 13.9. The minimum atomic E-state index is -0.106. The molecule has 3 heterocycles. The predicted octanol–water partition coefficient (Wildman–Crippen LogP) is 4.52. The summed E-state index contributed by atoms with van der Waals surface area (Å²) in [4.78, 5) is 19.0. The molecule has 0 radical (unpaired) electrons. The van der Waals surface area contributed by atoms with Gasteiger partial charge in [-0.3, -0.25) is 0 Å². The Bertz CT molecular complexity index is 1300. The van der Waals surface area contributed by atoms with Gasteiger partial charge in [0.25, 0.3) is 0 Å². The lowest BCUT2D eigenvalue weighted by atomic mass is 9.99. The van der Waals surface area contributed by atoms with E-state index >= 15 is 0 Å². The Morgan fingerprint density at radius 2 is 1.87 bits per heavy atom. The average Bonchev–Trinajstić information content (AvgIpc) is 3.38. The summed E-state index contributed by atoms with van der Waals surface area (Å²) < 4.78 is 4.41. The summed E-state index contributed by atoms with van der Waals surface area (Å²) >= 11 is 9.13. The molecule has 0 spiro atoms. The number of aromatic hydroxyl groups is 1. The molecule has 0 unspecified atom stereocenters. The first kappa shape index (κ1) is 19.4. The van der Waals surface area contributed by atoms with E-state index in [0.717, 1.165) is 32.6 Å². The highest BCUT2D eigenvalue weighted by atomic mass is 35.5. The van der Waals surface area contributed by atoms with Crippen LogP contribution < -0.4 is 10.1 Å². The second-order valence-electron chi connectivity index (χ2n) is 7.00. The summed E-state index contributed by atoms with van der Waals surface area (Å²) in [5.74, 6) is 0.937. The van der Waals surface area contributed by atoms with Gasteiger partial charge in [0.05, 0.1) is 17.7 Å². The van der Waals surface area contributed by atoms with Gasteiger partial charge in [-0.25, -0.2) is 14.3 Å². The molecule has 2 aromatic carbocycles. The van der Waals surface area contributed by atoms with E-state index in [2.05, 4.69) is 9.55 Å². The Morgan fingerprint density at radius 3 is 2.53 bits per heavy atom. The van der Waals surface area contributed by atoms with Crippen LogP contribution in [0.5, 0.6) is 5.75 Å². The van der Waals surface area contributed by atoms with Crippen LogP contribution in [0.4, 0.5) is 0 Å². The summed E-state index contributed by atoms with van der Waals surface area (Å²) in [5.41, 5.74) is 3.15. The largest absolute Gasteiger partial charge is 0.508 e. The van der Waals surface area contributed by atoms with Crippen molar-refractivity contribution in [3.8, 4) is 28.1 Å². The van der Waals surface area contributed by atoms with Crippen molar-refractivity contribution in [2.75, 3.05) is 5.75 Å². The van der Waals surface area contributed by atoms with Gasteiger partial charge in [-0.1, -0.05) is 41.9 Å². The van der Waals surface area contributed by atoms with Crippen LogP contribution >= 0.6 is 34.7 Å². The monoisotopic (exact) mass is 454 g/mol. The number of phenols is 1. The number of benzene rings is 2. The fraction of sp³-hybridized carbons (Fsp3) is 0.136. The smallest absolute Gasteiger partial charge is 0.347 e. The van der Waals surface area contributed by atoms with Gasteiger partial charge in [-0.15, -0.1) is 11.3 Å². The first-order valence-corrected chi connectivity index (χ1v) is 11.5. The molecule has 4 aromatic rings. The number of rotatable bonds is 3. The molecule has 0 saturated carbocycles. The van der Waals surface area contributed by atoms with Gasteiger partial charge in [0.1, 0.15) is 11.3 Å². The normalized spacial score (nSPS) is 15.3. The van der Waals surface area contributed by atoms with Crippen molar-refractivity contribution in [3.05, 3.63) is 80.5 Å². The van der Waals surface area contributed by atoms with Crippen LogP contribution in [0.15, 0.2) is 70.7 Å². The van der Waals surface area contributed by atoms with Crippen LogP contribution in [-0.2, 0) is 7.05 Å². The number of fused-ring (bicyclic) bond motifs is 1. The Morgan fingerprint density at radius 1 is 1.13 bits per heavy atom. The standard InChI is InChI=1S/C22H16ClN3O2S2/c1-25-19(14-7-9-15(27)10-8-14)18(13-5-3-2-4-6-13)20(28)26-16(12-29-22(25)26)17-11-24-21(23)30-17/h2-11,16H,12H2,1H3/p+1/t16-/m1/s1. The molecule has 30 heavy (non-hydrogen) atoms. The maximum absolute atomic E-state index is 13.9. The van der Waals surface area contributed by atoms with Gasteiger partial charge in [0.15, 0.2) is 16.2 Å². The molecule has 1 aliphatic rings. The van der Waals surface area contributed by atoms with E-state index in [1.807, 2.05) is 54.1 Å². The number of thiazole rings is 1. The van der Waals surface area contributed by atoms with Crippen molar-refractivity contribution in [2.45, 2.75) is 11.2 Å². The third-order valence-corrected chi connectivity index (χ3v) is 7.63. The highest BCUT2D eigenvalue weighted by molar-refractivity contribution is 7.99. The molecule has 5 rings (SSSR count). The summed E-state index contributed by atoms with van der Waals surface area (Å²) in [6.07, 6.45) is 1.76. The number of hydrogen-bond acceptors (Lipinski definition) is 5. The molecule has 0 amide bonds. The van der Waals surface area contributed by atoms with Gasteiger partial charge < -0.3 is 5.11 Å². The van der Waals surface area contributed by atoms with Crippen LogP contribution in [0.1, 0.15) is 10.9 Å². The summed E-state index contributed by atoms with van der Waals surface area (Å²) in [5, 5.41) is 10.6. The Labute approximate surface area is 186 Å². The van der Waals surface area contributed by atoms with E-state index in [0.29, 0.717) is 10.0 Å². The van der Waals surface area contributed by atoms with Gasteiger partial charge in [-0.05, 0) is 41.6 Å². The lowest BCUT2D eigenvalue weighted by Gasteiger charge is -2.14. The Hall–Kier alpha value is -2.61. The highest BCUT2D eigenvalue weighted by Gasteiger charge is 2.39. The number of thioether (sulfide) groups is 1. The molecule has 2 aromatic heterocycles. The second-order valence-corrected chi connectivity index (χ2v) is 9.63. The van der Waals surface area contributed by atoms with Crippen LogP contribution in [0.3, 0.4) is 0 Å². The molecule has 8 heteroatoms. The molecular formula is C22H17ClN3O2S2+. The maximum Gasteiger partial charge on any atom is 0.347 e. The molecule has 0 bridgehead atoms. The van der Waals surface area contributed by atoms with Crippen molar-refractivity contribution in [2.24, 2.45) is 7.05 Å². The molecule has 150 valence electrons. The number of hydrogen-bond donors (Lipinski definition) is 1. The van der Waals surface area contributed by atoms with Gasteiger partial charge in [0, 0.05) is 11.8 Å². The second kappa shape index (κ2) is 7.58. The molecule has 0 fully saturated rings. The third-order valence-electron chi connectivity index (χ3n) is 5.21. The Balaban J connectivity index is 1.82. The molecule has 0 aliphatic carbocycles. The van der Waals surface area contributed by atoms with E-state index in [-0.39, 0.29) is 17.4 Å². The molecule has 1 atom stereocenters. The van der Waals surface area contributed by atoms with Crippen molar-refractivity contribution >= 4 is 34.7 Å². The van der Waals surface area contributed by atoms with Gasteiger partial charge in [-0.2, -0.15) is 4.57 Å². The summed E-state index contributed by atoms with van der Waals surface area (Å²) in [6.45, 7) is 0. The van der Waals surface area contributed by atoms with Gasteiger partial charge >= 0.3 is 10.7 Å². The number of phenolic OH excluding ortho intramolecular Hbond substituents is 1. The van der Waals surface area contributed by atoms with Crippen LogP contribution in [0, 0.1) is 0 Å². The van der Waals surface area contributed by atoms with Crippen LogP contribution in [-0.4, -0.2) is 20.4 Å².